The molecule has 3 nitrogen and oxygen atoms in total. The smallest absolute Gasteiger partial charge is 0.160 e. The van der Waals surface area contributed by atoms with Crippen LogP contribution in [0.25, 0.3) is 0 Å². The van der Waals surface area contributed by atoms with Crippen LogP contribution in [0, 0.1) is 0 Å². The summed E-state index contributed by atoms with van der Waals surface area (Å²) in [5.74, 6) is 1.48. The SMILES string of the molecule is Cl.OC(O)CSCCCN1CCCCC1. The number of halogens is 1. The molecule has 0 unspecified atom stereocenters. The minimum atomic E-state index is -1.14. The summed E-state index contributed by atoms with van der Waals surface area (Å²) in [5, 5.41) is 17.2. The summed E-state index contributed by atoms with van der Waals surface area (Å²) in [6, 6.07) is 0. The van der Waals surface area contributed by atoms with Crippen LogP contribution in [0.3, 0.4) is 0 Å². The van der Waals surface area contributed by atoms with E-state index in [1.165, 1.54) is 38.9 Å². The molecule has 1 saturated heterocycles. The third kappa shape index (κ3) is 8.34. The molecular weight excluding hydrogens is 234 g/mol. The quantitative estimate of drug-likeness (QED) is 0.555. The first-order chi connectivity index (χ1) is 6.79. The van der Waals surface area contributed by atoms with E-state index in [-0.39, 0.29) is 12.4 Å². The number of rotatable bonds is 6. The van der Waals surface area contributed by atoms with E-state index in [1.807, 2.05) is 0 Å². The molecule has 1 fully saturated rings. The molecule has 0 aliphatic carbocycles. The van der Waals surface area contributed by atoms with Crippen LogP contribution in [0.4, 0.5) is 0 Å². The first-order valence-electron chi connectivity index (χ1n) is 5.45. The van der Waals surface area contributed by atoms with Crippen LogP contribution < -0.4 is 0 Å². The molecule has 0 saturated carbocycles. The second-order valence-electron chi connectivity index (χ2n) is 3.81. The van der Waals surface area contributed by atoms with E-state index < -0.39 is 6.29 Å². The third-order valence-corrected chi connectivity index (χ3v) is 3.59. The number of hydrogen-bond acceptors (Lipinski definition) is 4. The fraction of sp³-hybridized carbons (Fsp3) is 1.00. The Morgan fingerprint density at radius 2 is 1.80 bits per heavy atom. The number of aliphatic hydroxyl groups is 2. The lowest BCUT2D eigenvalue weighted by Crippen LogP contribution is -2.30. The lowest BCUT2D eigenvalue weighted by molar-refractivity contribution is -0.0186. The summed E-state index contributed by atoms with van der Waals surface area (Å²) in [4.78, 5) is 2.51. The number of thioether (sulfide) groups is 1. The van der Waals surface area contributed by atoms with Crippen molar-refractivity contribution in [2.75, 3.05) is 31.1 Å². The van der Waals surface area contributed by atoms with Crippen molar-refractivity contribution in [2.24, 2.45) is 0 Å². The molecular formula is C10H22ClNO2S. The minimum absolute atomic E-state index is 0. The Labute approximate surface area is 103 Å². The van der Waals surface area contributed by atoms with Crippen molar-refractivity contribution < 1.29 is 10.2 Å². The van der Waals surface area contributed by atoms with Crippen molar-refractivity contribution in [3.05, 3.63) is 0 Å². The van der Waals surface area contributed by atoms with Gasteiger partial charge < -0.3 is 15.1 Å². The zero-order valence-corrected chi connectivity index (χ0v) is 10.7. The van der Waals surface area contributed by atoms with Crippen molar-refractivity contribution >= 4 is 24.2 Å². The second kappa shape index (κ2) is 9.73. The van der Waals surface area contributed by atoms with Crippen LogP contribution in [-0.4, -0.2) is 52.5 Å². The molecule has 92 valence electrons. The number of likely N-dealkylation sites (tertiary alicyclic amines) is 1. The Bertz CT molecular complexity index is 143. The zero-order chi connectivity index (χ0) is 10.2. The van der Waals surface area contributed by atoms with E-state index in [4.69, 9.17) is 10.2 Å². The van der Waals surface area contributed by atoms with E-state index in [0.29, 0.717) is 5.75 Å². The maximum atomic E-state index is 8.62. The molecule has 1 aliphatic rings. The van der Waals surface area contributed by atoms with Gasteiger partial charge in [-0.15, -0.1) is 12.4 Å². The van der Waals surface area contributed by atoms with Crippen LogP contribution in [-0.2, 0) is 0 Å². The third-order valence-electron chi connectivity index (χ3n) is 2.48. The molecule has 0 aromatic carbocycles. The average Bonchev–Trinajstić information content (AvgIpc) is 2.18. The molecule has 0 atom stereocenters. The monoisotopic (exact) mass is 255 g/mol. The van der Waals surface area contributed by atoms with Gasteiger partial charge in [0.2, 0.25) is 0 Å². The molecule has 2 N–H and O–H groups in total. The summed E-state index contributed by atoms with van der Waals surface area (Å²) in [6.07, 6.45) is 4.11. The van der Waals surface area contributed by atoms with Crippen molar-refractivity contribution in [1.82, 2.24) is 4.90 Å². The molecule has 0 amide bonds. The Kier molecular flexibility index (Phi) is 10.1. The summed E-state index contributed by atoms with van der Waals surface area (Å²) >= 11 is 1.62. The average molecular weight is 256 g/mol. The van der Waals surface area contributed by atoms with Gasteiger partial charge in [-0.1, -0.05) is 6.42 Å². The molecule has 0 radical (unpaired) electrons. The Balaban J connectivity index is 0.00000196. The predicted octanol–water partition coefficient (Wildman–Crippen LogP) is 1.33. The highest BCUT2D eigenvalue weighted by molar-refractivity contribution is 7.99. The summed E-state index contributed by atoms with van der Waals surface area (Å²) < 4.78 is 0. The summed E-state index contributed by atoms with van der Waals surface area (Å²) in [7, 11) is 0. The van der Waals surface area contributed by atoms with Gasteiger partial charge in [0.25, 0.3) is 0 Å². The molecule has 1 aliphatic heterocycles. The van der Waals surface area contributed by atoms with Gasteiger partial charge >= 0.3 is 0 Å². The first kappa shape index (κ1) is 15.5. The maximum absolute atomic E-state index is 8.62. The van der Waals surface area contributed by atoms with Crippen molar-refractivity contribution in [3.8, 4) is 0 Å². The number of piperidine rings is 1. The van der Waals surface area contributed by atoms with Crippen LogP contribution in [0.5, 0.6) is 0 Å². The fourth-order valence-corrected chi connectivity index (χ4v) is 2.47. The lowest BCUT2D eigenvalue weighted by atomic mass is 10.1. The van der Waals surface area contributed by atoms with E-state index in [1.54, 1.807) is 11.8 Å². The topological polar surface area (TPSA) is 43.7 Å². The van der Waals surface area contributed by atoms with Gasteiger partial charge in [-0.25, -0.2) is 0 Å². The van der Waals surface area contributed by atoms with E-state index in [9.17, 15) is 0 Å². The maximum Gasteiger partial charge on any atom is 0.160 e. The van der Waals surface area contributed by atoms with Crippen LogP contribution in [0.1, 0.15) is 25.7 Å². The molecule has 0 aromatic rings. The van der Waals surface area contributed by atoms with Crippen LogP contribution in [0.2, 0.25) is 0 Å². The van der Waals surface area contributed by atoms with Gasteiger partial charge in [-0.3, -0.25) is 0 Å². The summed E-state index contributed by atoms with van der Waals surface area (Å²) in [6.45, 7) is 3.69. The fourth-order valence-electron chi connectivity index (χ4n) is 1.76. The molecule has 1 rings (SSSR count). The van der Waals surface area contributed by atoms with Crippen LogP contribution in [0.15, 0.2) is 0 Å². The number of aliphatic hydroxyl groups excluding tert-OH is 1. The molecule has 0 spiro atoms. The molecule has 15 heavy (non-hydrogen) atoms. The van der Waals surface area contributed by atoms with Crippen LogP contribution >= 0.6 is 24.2 Å². The van der Waals surface area contributed by atoms with Crippen molar-refractivity contribution in [3.63, 3.8) is 0 Å². The number of hydrogen-bond donors (Lipinski definition) is 2. The van der Waals surface area contributed by atoms with Gasteiger partial charge in [0, 0.05) is 5.75 Å². The van der Waals surface area contributed by atoms with E-state index in [2.05, 4.69) is 4.90 Å². The first-order valence-corrected chi connectivity index (χ1v) is 6.61. The second-order valence-corrected chi connectivity index (χ2v) is 4.96. The van der Waals surface area contributed by atoms with Gasteiger partial charge in [0.05, 0.1) is 0 Å². The lowest BCUT2D eigenvalue weighted by Gasteiger charge is -2.26. The Hall–Kier alpha value is 0.520. The van der Waals surface area contributed by atoms with Crippen molar-refractivity contribution in [1.29, 1.82) is 0 Å². The Morgan fingerprint density at radius 1 is 1.13 bits per heavy atom. The molecule has 1 heterocycles. The zero-order valence-electron chi connectivity index (χ0n) is 9.10. The van der Waals surface area contributed by atoms with Gasteiger partial charge in [-0.2, -0.15) is 11.8 Å². The van der Waals surface area contributed by atoms with Gasteiger partial charge in [-0.05, 0) is 44.6 Å². The standard InChI is InChI=1S/C10H21NO2S.ClH/c12-10(13)9-14-8-4-7-11-5-2-1-3-6-11;/h10,12-13H,1-9H2;1H. The minimum Gasteiger partial charge on any atom is -0.367 e. The highest BCUT2D eigenvalue weighted by atomic mass is 35.5. The Morgan fingerprint density at radius 3 is 2.40 bits per heavy atom. The van der Waals surface area contributed by atoms with Gasteiger partial charge in [0.1, 0.15) is 0 Å². The predicted molar refractivity (Wildman–Crippen MR) is 67.7 cm³/mol. The number of nitrogens with zero attached hydrogens (tertiary/aromatic N) is 1. The van der Waals surface area contributed by atoms with E-state index >= 15 is 0 Å². The largest absolute Gasteiger partial charge is 0.367 e. The highest BCUT2D eigenvalue weighted by Crippen LogP contribution is 2.10. The van der Waals surface area contributed by atoms with Gasteiger partial charge in [0.15, 0.2) is 6.29 Å². The highest BCUT2D eigenvalue weighted by Gasteiger charge is 2.08. The molecule has 0 bridgehead atoms. The molecule has 5 heteroatoms. The van der Waals surface area contributed by atoms with E-state index in [0.717, 1.165) is 12.2 Å². The molecule has 0 aromatic heterocycles. The summed E-state index contributed by atoms with van der Waals surface area (Å²) in [5.41, 5.74) is 0. The normalized spacial score (nSPS) is 17.8. The van der Waals surface area contributed by atoms with Crippen molar-refractivity contribution in [2.45, 2.75) is 32.0 Å².